The highest BCUT2D eigenvalue weighted by molar-refractivity contribution is 7.94. The first-order chi connectivity index (χ1) is 14.4. The van der Waals surface area contributed by atoms with Crippen molar-refractivity contribution in [1.29, 1.82) is 0 Å². The van der Waals surface area contributed by atoms with E-state index in [-0.39, 0.29) is 16.2 Å². The summed E-state index contributed by atoms with van der Waals surface area (Å²) in [7, 11) is -3.65. The molecule has 1 aliphatic heterocycles. The summed E-state index contributed by atoms with van der Waals surface area (Å²) in [5.74, 6) is -0.230. The monoisotopic (exact) mass is 441 g/mol. The molecule has 1 aliphatic rings. The minimum Gasteiger partial charge on any atom is -0.366 e. The van der Waals surface area contributed by atoms with E-state index in [0.29, 0.717) is 17.8 Å². The number of para-hydroxylation sites is 1. The number of thiophene rings is 1. The molecule has 0 saturated carbocycles. The summed E-state index contributed by atoms with van der Waals surface area (Å²) in [6.07, 6.45) is 1.01. The Morgan fingerprint density at radius 3 is 2.77 bits per heavy atom. The Morgan fingerprint density at radius 2 is 1.97 bits per heavy atom. The van der Waals surface area contributed by atoms with E-state index >= 15 is 0 Å². The summed E-state index contributed by atoms with van der Waals surface area (Å²) < 4.78 is 27.6. The van der Waals surface area contributed by atoms with Crippen LogP contribution in [0.5, 0.6) is 0 Å². The van der Waals surface area contributed by atoms with E-state index in [1.807, 2.05) is 6.07 Å². The first-order valence-corrected chi connectivity index (χ1v) is 12.1. The van der Waals surface area contributed by atoms with Gasteiger partial charge < -0.3 is 10.2 Å². The van der Waals surface area contributed by atoms with Crippen molar-refractivity contribution in [1.82, 2.24) is 5.32 Å². The largest absolute Gasteiger partial charge is 0.366 e. The van der Waals surface area contributed by atoms with Gasteiger partial charge in [-0.1, -0.05) is 30.3 Å². The summed E-state index contributed by atoms with van der Waals surface area (Å²) in [4.78, 5) is 15.0. The third-order valence-electron chi connectivity index (χ3n) is 5.15. The molecule has 1 unspecified atom stereocenters. The van der Waals surface area contributed by atoms with E-state index in [4.69, 9.17) is 0 Å². The van der Waals surface area contributed by atoms with E-state index in [2.05, 4.69) is 40.1 Å². The highest BCUT2D eigenvalue weighted by Gasteiger charge is 2.23. The van der Waals surface area contributed by atoms with Crippen LogP contribution in [0.25, 0.3) is 0 Å². The van der Waals surface area contributed by atoms with Crippen molar-refractivity contribution in [2.45, 2.75) is 23.6 Å². The summed E-state index contributed by atoms with van der Waals surface area (Å²) in [6, 6.07) is 18.2. The molecule has 2 N–H and O–H groups in total. The lowest BCUT2D eigenvalue weighted by Crippen LogP contribution is -2.41. The number of nitrogens with zero attached hydrogens (tertiary/aromatic N) is 1. The smallest absolute Gasteiger partial charge is 0.271 e. The van der Waals surface area contributed by atoms with Gasteiger partial charge in [-0.2, -0.15) is 0 Å². The fourth-order valence-corrected chi connectivity index (χ4v) is 5.66. The van der Waals surface area contributed by atoms with Gasteiger partial charge in [0.2, 0.25) is 0 Å². The number of anilines is 2. The predicted molar refractivity (Wildman–Crippen MR) is 121 cm³/mol. The predicted octanol–water partition coefficient (Wildman–Crippen LogP) is 3.73. The van der Waals surface area contributed by atoms with Gasteiger partial charge in [-0.15, -0.1) is 11.3 Å². The maximum absolute atomic E-state index is 12.7. The lowest BCUT2D eigenvalue weighted by Gasteiger charge is -2.27. The number of sulfonamides is 1. The van der Waals surface area contributed by atoms with Gasteiger partial charge in [0.05, 0.1) is 0 Å². The van der Waals surface area contributed by atoms with Gasteiger partial charge in [0.15, 0.2) is 0 Å². The maximum atomic E-state index is 12.7. The molecule has 4 rings (SSSR count). The van der Waals surface area contributed by atoms with Crippen LogP contribution in [0, 0.1) is 0 Å². The molecule has 3 aromatic rings. The molecule has 156 valence electrons. The van der Waals surface area contributed by atoms with Crippen LogP contribution in [0.15, 0.2) is 70.3 Å². The normalized spacial score (nSPS) is 14.2. The van der Waals surface area contributed by atoms with Crippen molar-refractivity contribution in [2.75, 3.05) is 22.7 Å². The Kier molecular flexibility index (Phi) is 5.78. The van der Waals surface area contributed by atoms with Gasteiger partial charge >= 0.3 is 0 Å². The number of carbonyl (C=O) groups excluding carboxylic acids is 1. The minimum atomic E-state index is -3.65. The Bertz CT molecular complexity index is 1140. The number of carbonyl (C=O) groups is 1. The molecule has 0 radical (unpaired) electrons. The van der Waals surface area contributed by atoms with Gasteiger partial charge in [0.25, 0.3) is 15.9 Å². The van der Waals surface area contributed by atoms with Crippen LogP contribution in [0.4, 0.5) is 11.4 Å². The average molecular weight is 442 g/mol. The Hall–Kier alpha value is -2.84. The number of hydrogen-bond acceptors (Lipinski definition) is 5. The standard InChI is InChI=1S/C22H23N3O3S2/c1-16(25-12-11-17-6-2-3-9-20(17)25)15-23-22(26)18-7-4-8-19(14-18)24-30(27,28)21-10-5-13-29-21/h2-10,13-14,16,24H,11-12,15H2,1H3,(H,23,26). The molecular weight excluding hydrogens is 418 g/mol. The summed E-state index contributed by atoms with van der Waals surface area (Å²) in [6.45, 7) is 3.53. The second kappa shape index (κ2) is 8.49. The Labute approximate surface area is 180 Å². The van der Waals surface area contributed by atoms with E-state index < -0.39 is 10.0 Å². The van der Waals surface area contributed by atoms with Crippen LogP contribution in [0.3, 0.4) is 0 Å². The molecule has 0 aliphatic carbocycles. The van der Waals surface area contributed by atoms with Crippen molar-refractivity contribution in [3.8, 4) is 0 Å². The second-order valence-electron chi connectivity index (χ2n) is 7.25. The fraction of sp³-hybridized carbons (Fsp3) is 0.227. The number of nitrogens with one attached hydrogen (secondary N) is 2. The van der Waals surface area contributed by atoms with Crippen LogP contribution in [-0.4, -0.2) is 33.5 Å². The van der Waals surface area contributed by atoms with Gasteiger partial charge in [-0.3, -0.25) is 9.52 Å². The van der Waals surface area contributed by atoms with Crippen molar-refractivity contribution in [2.24, 2.45) is 0 Å². The highest BCUT2D eigenvalue weighted by Crippen LogP contribution is 2.29. The van der Waals surface area contributed by atoms with Crippen LogP contribution in [0.1, 0.15) is 22.8 Å². The van der Waals surface area contributed by atoms with E-state index in [9.17, 15) is 13.2 Å². The molecule has 0 spiro atoms. The van der Waals surface area contributed by atoms with Gasteiger partial charge in [0, 0.05) is 36.1 Å². The molecule has 1 amide bonds. The molecule has 8 heteroatoms. The van der Waals surface area contributed by atoms with Crippen LogP contribution in [-0.2, 0) is 16.4 Å². The van der Waals surface area contributed by atoms with Crippen LogP contribution >= 0.6 is 11.3 Å². The van der Waals surface area contributed by atoms with E-state index in [1.54, 1.807) is 41.8 Å². The van der Waals surface area contributed by atoms with Gasteiger partial charge in [-0.05, 0) is 54.6 Å². The SMILES string of the molecule is CC(CNC(=O)c1cccc(NS(=O)(=O)c2cccs2)c1)N1CCc2ccccc21. The molecule has 30 heavy (non-hydrogen) atoms. The van der Waals surface area contributed by atoms with Crippen LogP contribution in [0.2, 0.25) is 0 Å². The molecule has 0 fully saturated rings. The molecule has 1 aromatic heterocycles. The number of benzene rings is 2. The molecule has 0 saturated heterocycles. The number of fused-ring (bicyclic) bond motifs is 1. The van der Waals surface area contributed by atoms with Crippen LogP contribution < -0.4 is 14.9 Å². The molecule has 2 aromatic carbocycles. The summed E-state index contributed by atoms with van der Waals surface area (Å²) in [5, 5.41) is 4.67. The highest BCUT2D eigenvalue weighted by atomic mass is 32.2. The second-order valence-corrected chi connectivity index (χ2v) is 10.1. The third-order valence-corrected chi connectivity index (χ3v) is 7.93. The first kappa shape index (κ1) is 20.4. The van der Waals surface area contributed by atoms with Gasteiger partial charge in [0.1, 0.15) is 4.21 Å². The lowest BCUT2D eigenvalue weighted by molar-refractivity contribution is 0.0951. The van der Waals surface area contributed by atoms with Crippen molar-refractivity contribution in [3.63, 3.8) is 0 Å². The maximum Gasteiger partial charge on any atom is 0.271 e. The topological polar surface area (TPSA) is 78.5 Å². The summed E-state index contributed by atoms with van der Waals surface area (Å²) >= 11 is 1.14. The fourth-order valence-electron chi connectivity index (χ4n) is 3.62. The molecular formula is C22H23N3O3S2. The quantitative estimate of drug-likeness (QED) is 0.586. The molecule has 0 bridgehead atoms. The third kappa shape index (κ3) is 4.34. The van der Waals surface area contributed by atoms with Gasteiger partial charge in [-0.25, -0.2) is 8.42 Å². The minimum absolute atomic E-state index is 0.151. The van der Waals surface area contributed by atoms with Crippen molar-refractivity contribution in [3.05, 3.63) is 77.2 Å². The zero-order chi connectivity index (χ0) is 21.1. The summed E-state index contributed by atoms with van der Waals surface area (Å²) in [5.41, 5.74) is 3.33. The molecule has 6 nitrogen and oxygen atoms in total. The Balaban J connectivity index is 1.39. The van der Waals surface area contributed by atoms with Crippen molar-refractivity contribution >= 4 is 38.6 Å². The molecule has 2 heterocycles. The number of hydrogen-bond donors (Lipinski definition) is 2. The number of rotatable bonds is 7. The van der Waals surface area contributed by atoms with E-state index in [0.717, 1.165) is 24.3 Å². The lowest BCUT2D eigenvalue weighted by atomic mass is 10.1. The number of amides is 1. The zero-order valence-corrected chi connectivity index (χ0v) is 18.2. The average Bonchev–Trinajstić information content (AvgIpc) is 3.42. The first-order valence-electron chi connectivity index (χ1n) is 9.73. The Morgan fingerprint density at radius 1 is 1.13 bits per heavy atom. The zero-order valence-electron chi connectivity index (χ0n) is 16.5. The molecule has 1 atom stereocenters. The van der Waals surface area contributed by atoms with E-state index in [1.165, 1.54) is 11.3 Å². The van der Waals surface area contributed by atoms with Crippen molar-refractivity contribution < 1.29 is 13.2 Å².